The highest BCUT2D eigenvalue weighted by Crippen LogP contribution is 2.31. The Morgan fingerprint density at radius 2 is 1.78 bits per heavy atom. The summed E-state index contributed by atoms with van der Waals surface area (Å²) in [5.41, 5.74) is 6.06. The molecule has 27 heavy (non-hydrogen) atoms. The van der Waals surface area contributed by atoms with Gasteiger partial charge in [0, 0.05) is 11.1 Å². The highest BCUT2D eigenvalue weighted by molar-refractivity contribution is 5.76. The second-order valence-electron chi connectivity index (χ2n) is 7.83. The van der Waals surface area contributed by atoms with Crippen molar-refractivity contribution in [2.45, 2.75) is 40.2 Å². The van der Waals surface area contributed by atoms with E-state index < -0.39 is 0 Å². The van der Waals surface area contributed by atoms with Crippen molar-refractivity contribution < 1.29 is 8.92 Å². The van der Waals surface area contributed by atoms with Gasteiger partial charge in [0.15, 0.2) is 5.69 Å². The van der Waals surface area contributed by atoms with Crippen LogP contribution in [0.3, 0.4) is 0 Å². The Labute approximate surface area is 158 Å². The Kier molecular flexibility index (Phi) is 3.98. The van der Waals surface area contributed by atoms with Crippen LogP contribution in [0.15, 0.2) is 47.4 Å². The number of aromatic nitrogens is 4. The van der Waals surface area contributed by atoms with Crippen molar-refractivity contribution >= 4 is 11.5 Å². The summed E-state index contributed by atoms with van der Waals surface area (Å²) in [6.45, 7) is 10.4. The zero-order valence-corrected chi connectivity index (χ0v) is 16.3. The first kappa shape index (κ1) is 17.3. The van der Waals surface area contributed by atoms with E-state index in [1.165, 1.54) is 0 Å². The van der Waals surface area contributed by atoms with Crippen LogP contribution in [-0.2, 0) is 0 Å². The molecule has 2 N–H and O–H groups in total. The van der Waals surface area contributed by atoms with Gasteiger partial charge < -0.3 is 4.52 Å². The van der Waals surface area contributed by atoms with E-state index >= 15 is 0 Å². The highest BCUT2D eigenvalue weighted by atomic mass is 16.5. The smallest absolute Gasteiger partial charge is 0.267 e. The third-order valence-electron chi connectivity index (χ3n) is 4.48. The number of imidazole rings is 1. The number of anilines is 1. The number of hydrogen-bond donors (Lipinski definition) is 2. The minimum absolute atomic E-state index is 0.0726. The van der Waals surface area contributed by atoms with Gasteiger partial charge in [-0.25, -0.2) is 0 Å². The van der Waals surface area contributed by atoms with Crippen molar-refractivity contribution in [1.82, 2.24) is 15.1 Å². The van der Waals surface area contributed by atoms with Crippen LogP contribution in [0.25, 0.3) is 28.0 Å². The lowest BCUT2D eigenvalue weighted by Crippen LogP contribution is -2.33. The number of benzene rings is 1. The lowest BCUT2D eigenvalue weighted by Gasteiger charge is -2.17. The number of nitrogens with zero attached hydrogens (tertiary/aromatic N) is 3. The normalized spacial score (nSPS) is 11.9. The van der Waals surface area contributed by atoms with Crippen LogP contribution in [0.5, 0.6) is 0 Å². The molecule has 0 radical (unpaired) electrons. The van der Waals surface area contributed by atoms with E-state index in [1.807, 2.05) is 26.2 Å². The van der Waals surface area contributed by atoms with Gasteiger partial charge in [-0.05, 0) is 40.2 Å². The van der Waals surface area contributed by atoms with Crippen molar-refractivity contribution in [1.29, 1.82) is 0 Å². The summed E-state index contributed by atoms with van der Waals surface area (Å²) in [6.07, 6.45) is 5.58. The molecule has 0 saturated carbocycles. The first-order valence-corrected chi connectivity index (χ1v) is 9.03. The molecule has 4 rings (SSSR count). The van der Waals surface area contributed by atoms with Gasteiger partial charge in [-0.15, -0.1) is 0 Å². The van der Waals surface area contributed by atoms with Gasteiger partial charge in [-0.3, -0.25) is 15.3 Å². The largest absolute Gasteiger partial charge is 0.361 e. The molecule has 3 aromatic heterocycles. The molecule has 0 bridgehead atoms. The fraction of sp³-hybridized carbons (Fsp3) is 0.286. The highest BCUT2D eigenvalue weighted by Gasteiger charge is 2.25. The molecule has 0 aliphatic rings. The molecule has 3 heterocycles. The van der Waals surface area contributed by atoms with E-state index in [0.717, 1.165) is 45.3 Å². The van der Waals surface area contributed by atoms with E-state index in [-0.39, 0.29) is 5.54 Å². The number of rotatable bonds is 3. The number of fused-ring (bicyclic) bond motifs is 1. The van der Waals surface area contributed by atoms with Crippen molar-refractivity contribution in [3.05, 3.63) is 54.3 Å². The molecule has 6 heteroatoms. The predicted octanol–water partition coefficient (Wildman–Crippen LogP) is 4.30. The van der Waals surface area contributed by atoms with Crippen molar-refractivity contribution in [2.75, 3.05) is 5.32 Å². The van der Waals surface area contributed by atoms with Crippen molar-refractivity contribution in [2.24, 2.45) is 0 Å². The Bertz CT molecular complexity index is 1080. The van der Waals surface area contributed by atoms with Gasteiger partial charge in [-0.1, -0.05) is 29.4 Å². The molecular weight excluding hydrogens is 338 g/mol. The minimum Gasteiger partial charge on any atom is -0.361 e. The van der Waals surface area contributed by atoms with Crippen molar-refractivity contribution in [3.63, 3.8) is 0 Å². The van der Waals surface area contributed by atoms with Crippen LogP contribution in [0.1, 0.15) is 32.2 Å². The topological polar surface area (TPSA) is 70.8 Å². The molecule has 6 nitrogen and oxygen atoms in total. The first-order valence-electron chi connectivity index (χ1n) is 9.03. The van der Waals surface area contributed by atoms with E-state index in [2.05, 4.69) is 69.9 Å². The van der Waals surface area contributed by atoms with Crippen LogP contribution in [0.2, 0.25) is 0 Å². The standard InChI is InChI=1S/C21H23N5O/c1-13-18(14(2)27-25-13)15-6-8-16(9-7-15)19-20(24-21(3,4)5)26-11-10-22-12-17(26)23-19/h6-12H,1-5H3,(H,22,24)/p+1. The average molecular weight is 362 g/mol. The predicted molar refractivity (Wildman–Crippen MR) is 106 cm³/mol. The quantitative estimate of drug-likeness (QED) is 0.533. The maximum Gasteiger partial charge on any atom is 0.267 e. The third kappa shape index (κ3) is 3.18. The monoisotopic (exact) mass is 362 g/mol. The SMILES string of the molecule is Cc1noc(C)c1-c1ccc(-c2[nH]c3cncc[n+]3c2NC(C)(C)C)cc1. The number of aromatic amines is 1. The van der Waals surface area contributed by atoms with Gasteiger partial charge in [0.05, 0.1) is 23.6 Å². The van der Waals surface area contributed by atoms with E-state index in [1.54, 1.807) is 6.20 Å². The maximum absolute atomic E-state index is 5.30. The second kappa shape index (κ2) is 6.23. The summed E-state index contributed by atoms with van der Waals surface area (Å²) in [5.74, 6) is 1.85. The van der Waals surface area contributed by atoms with Gasteiger partial charge in [-0.2, -0.15) is 4.40 Å². The fourth-order valence-corrected chi connectivity index (χ4v) is 3.34. The summed E-state index contributed by atoms with van der Waals surface area (Å²) in [6, 6.07) is 8.45. The van der Waals surface area contributed by atoms with Gasteiger partial charge in [0.1, 0.15) is 12.0 Å². The zero-order valence-electron chi connectivity index (χ0n) is 16.3. The van der Waals surface area contributed by atoms with Crippen LogP contribution < -0.4 is 9.72 Å². The molecule has 4 aromatic rings. The van der Waals surface area contributed by atoms with Crippen LogP contribution in [0, 0.1) is 13.8 Å². The minimum atomic E-state index is -0.0726. The number of H-pyrrole nitrogens is 1. The summed E-state index contributed by atoms with van der Waals surface area (Å²) < 4.78 is 7.40. The Hall–Kier alpha value is -3.15. The first-order chi connectivity index (χ1) is 12.8. The van der Waals surface area contributed by atoms with Gasteiger partial charge in [0.25, 0.3) is 5.82 Å². The second-order valence-corrected chi connectivity index (χ2v) is 7.83. The fourth-order valence-electron chi connectivity index (χ4n) is 3.34. The molecular formula is C21H24N5O+. The Morgan fingerprint density at radius 1 is 1.07 bits per heavy atom. The van der Waals surface area contributed by atoms with Crippen LogP contribution in [-0.4, -0.2) is 20.7 Å². The molecule has 1 aromatic carbocycles. The third-order valence-corrected chi connectivity index (χ3v) is 4.48. The molecule has 0 unspecified atom stereocenters. The zero-order chi connectivity index (χ0) is 19.2. The summed E-state index contributed by atoms with van der Waals surface area (Å²) >= 11 is 0. The number of hydrogen-bond acceptors (Lipinski definition) is 4. The lowest BCUT2D eigenvalue weighted by atomic mass is 10.0. The Balaban J connectivity index is 1.81. The average Bonchev–Trinajstić information content (AvgIpc) is 3.14. The summed E-state index contributed by atoms with van der Waals surface area (Å²) in [5, 5.41) is 7.67. The summed E-state index contributed by atoms with van der Waals surface area (Å²) in [4.78, 5) is 7.71. The molecule has 0 aliphatic heterocycles. The Morgan fingerprint density at radius 3 is 2.41 bits per heavy atom. The molecule has 0 atom stereocenters. The molecule has 0 spiro atoms. The number of nitrogens with one attached hydrogen (secondary N) is 2. The van der Waals surface area contributed by atoms with Crippen LogP contribution in [0.4, 0.5) is 5.82 Å². The molecule has 138 valence electrons. The van der Waals surface area contributed by atoms with Crippen molar-refractivity contribution in [3.8, 4) is 22.4 Å². The molecule has 0 fully saturated rings. The maximum atomic E-state index is 5.30. The van der Waals surface area contributed by atoms with Gasteiger partial charge >= 0.3 is 0 Å². The van der Waals surface area contributed by atoms with Gasteiger partial charge in [0.2, 0.25) is 5.65 Å². The van der Waals surface area contributed by atoms with E-state index in [4.69, 9.17) is 4.52 Å². The lowest BCUT2D eigenvalue weighted by molar-refractivity contribution is -0.495. The van der Waals surface area contributed by atoms with E-state index in [0.29, 0.717) is 0 Å². The molecule has 0 saturated heterocycles. The van der Waals surface area contributed by atoms with Crippen LogP contribution >= 0.6 is 0 Å². The molecule has 0 amide bonds. The van der Waals surface area contributed by atoms with E-state index in [9.17, 15) is 0 Å². The summed E-state index contributed by atoms with van der Waals surface area (Å²) in [7, 11) is 0. The molecule has 0 aliphatic carbocycles. The number of aryl methyl sites for hydroxylation is 2.